The van der Waals surface area contributed by atoms with Crippen LogP contribution in [-0.2, 0) is 12.0 Å². The first-order chi connectivity index (χ1) is 17.3. The van der Waals surface area contributed by atoms with E-state index in [0.717, 1.165) is 5.56 Å². The van der Waals surface area contributed by atoms with E-state index in [1.54, 1.807) is 6.07 Å². The summed E-state index contributed by atoms with van der Waals surface area (Å²) in [6.07, 6.45) is 0.352. The topological polar surface area (TPSA) is 87.8 Å². The predicted octanol–water partition coefficient (Wildman–Crippen LogP) is 4.27. The number of piperazine rings is 1. The van der Waals surface area contributed by atoms with Crippen LogP contribution >= 0.6 is 23.2 Å². The van der Waals surface area contributed by atoms with Crippen molar-refractivity contribution in [2.75, 3.05) is 37.7 Å². The number of primary amides is 1. The second kappa shape index (κ2) is 9.52. The lowest BCUT2D eigenvalue weighted by molar-refractivity contribution is 0.100. The van der Waals surface area contributed by atoms with Crippen LogP contribution in [0, 0.1) is 11.6 Å². The van der Waals surface area contributed by atoms with Crippen molar-refractivity contribution in [1.82, 2.24) is 5.32 Å². The maximum Gasteiger partial charge on any atom is 0.249 e. The minimum atomic E-state index is -0.908. The minimum Gasteiger partial charge on any atom is -0.488 e. The van der Waals surface area contributed by atoms with Crippen LogP contribution in [0.25, 0.3) is 11.1 Å². The van der Waals surface area contributed by atoms with E-state index in [1.807, 2.05) is 18.2 Å². The third-order valence-corrected chi connectivity index (χ3v) is 7.45. The molecule has 2 aliphatic rings. The summed E-state index contributed by atoms with van der Waals surface area (Å²) in [6, 6.07) is 11.4. The molecule has 5 rings (SSSR count). The number of rotatable bonds is 6. The van der Waals surface area contributed by atoms with Gasteiger partial charge in [-0.05, 0) is 41.5 Å². The van der Waals surface area contributed by atoms with Crippen molar-refractivity contribution in [3.05, 3.63) is 80.8 Å². The number of hydrogen-bond donors (Lipinski definition) is 3. The predicted molar refractivity (Wildman–Crippen MR) is 135 cm³/mol. The van der Waals surface area contributed by atoms with E-state index in [0.29, 0.717) is 42.3 Å². The van der Waals surface area contributed by atoms with E-state index in [2.05, 4.69) is 10.2 Å². The van der Waals surface area contributed by atoms with Gasteiger partial charge >= 0.3 is 0 Å². The monoisotopic (exact) mass is 533 g/mol. The van der Waals surface area contributed by atoms with Crippen molar-refractivity contribution in [2.24, 2.45) is 5.73 Å². The molecule has 2 heterocycles. The summed E-state index contributed by atoms with van der Waals surface area (Å²) in [4.78, 5) is 14.4. The number of amides is 1. The number of nitrogens with one attached hydrogen (secondary N) is 1. The number of aliphatic hydroxyl groups excluding tert-OH is 1. The second-order valence-corrected chi connectivity index (χ2v) is 9.64. The van der Waals surface area contributed by atoms with Crippen molar-refractivity contribution >= 4 is 34.8 Å². The van der Waals surface area contributed by atoms with Gasteiger partial charge in [0.15, 0.2) is 11.6 Å². The third kappa shape index (κ3) is 3.89. The van der Waals surface area contributed by atoms with Gasteiger partial charge in [0.2, 0.25) is 5.91 Å². The van der Waals surface area contributed by atoms with Crippen molar-refractivity contribution in [1.29, 1.82) is 0 Å². The molecule has 0 aliphatic carbocycles. The van der Waals surface area contributed by atoms with Gasteiger partial charge in [0.1, 0.15) is 12.4 Å². The molecule has 1 saturated heterocycles. The Hall–Kier alpha value is -2.91. The molecule has 10 heteroatoms. The molecule has 2 aliphatic heterocycles. The summed E-state index contributed by atoms with van der Waals surface area (Å²) in [6.45, 7) is 1.24. The molecule has 0 spiro atoms. The van der Waals surface area contributed by atoms with Gasteiger partial charge in [0.25, 0.3) is 0 Å². The Morgan fingerprint density at radius 1 is 1.19 bits per heavy atom. The number of nitrogens with two attached hydrogens (primary N) is 1. The van der Waals surface area contributed by atoms with Gasteiger partial charge in [0, 0.05) is 47.9 Å². The highest BCUT2D eigenvalue weighted by Gasteiger charge is 2.48. The Kier molecular flexibility index (Phi) is 6.55. The van der Waals surface area contributed by atoms with Crippen LogP contribution < -0.4 is 20.7 Å². The zero-order chi connectivity index (χ0) is 25.6. The Labute approximate surface area is 216 Å². The number of hydrogen-bond acceptors (Lipinski definition) is 5. The molecule has 3 aromatic rings. The number of carbonyl (C=O) groups excluding carboxylic acids is 1. The maximum absolute atomic E-state index is 15.9. The van der Waals surface area contributed by atoms with Gasteiger partial charge in [-0.3, -0.25) is 4.79 Å². The molecule has 188 valence electrons. The fourth-order valence-electron chi connectivity index (χ4n) is 5.34. The SMILES string of the molecule is NC(=O)c1ccc(OCCO)c(F)c1-c1c(Cl)c(F)cc2c1CC1(c3cccc(Cl)c3)CNCCN21. The van der Waals surface area contributed by atoms with Gasteiger partial charge in [0.05, 0.1) is 22.7 Å². The van der Waals surface area contributed by atoms with Crippen LogP contribution in [0.1, 0.15) is 21.5 Å². The van der Waals surface area contributed by atoms with Gasteiger partial charge < -0.3 is 25.8 Å². The van der Waals surface area contributed by atoms with Gasteiger partial charge in [-0.2, -0.15) is 0 Å². The number of fused-ring (bicyclic) bond motifs is 3. The summed E-state index contributed by atoms with van der Waals surface area (Å²) >= 11 is 12.8. The highest BCUT2D eigenvalue weighted by atomic mass is 35.5. The zero-order valence-corrected chi connectivity index (χ0v) is 20.6. The van der Waals surface area contributed by atoms with Crippen LogP contribution in [0.2, 0.25) is 10.0 Å². The first-order valence-electron chi connectivity index (χ1n) is 11.4. The first-order valence-corrected chi connectivity index (χ1v) is 12.2. The molecule has 1 unspecified atom stereocenters. The van der Waals surface area contributed by atoms with Gasteiger partial charge in [-0.25, -0.2) is 8.78 Å². The third-order valence-electron chi connectivity index (χ3n) is 6.84. The van der Waals surface area contributed by atoms with Crippen molar-refractivity contribution in [2.45, 2.75) is 12.0 Å². The molecule has 36 heavy (non-hydrogen) atoms. The lowest BCUT2D eigenvalue weighted by atomic mass is 9.83. The Bertz CT molecular complexity index is 1370. The van der Waals surface area contributed by atoms with E-state index < -0.39 is 23.1 Å². The van der Waals surface area contributed by atoms with Crippen LogP contribution in [-0.4, -0.2) is 43.9 Å². The van der Waals surface area contributed by atoms with Crippen molar-refractivity contribution in [3.8, 4) is 16.9 Å². The van der Waals surface area contributed by atoms with Crippen molar-refractivity contribution in [3.63, 3.8) is 0 Å². The largest absolute Gasteiger partial charge is 0.488 e. The molecular formula is C26H23Cl2F2N3O3. The second-order valence-electron chi connectivity index (χ2n) is 8.83. The number of ether oxygens (including phenoxy) is 1. The minimum absolute atomic E-state index is 0.0585. The summed E-state index contributed by atoms with van der Waals surface area (Å²) in [5, 5.41) is 12.8. The molecule has 1 fully saturated rings. The lowest BCUT2D eigenvalue weighted by Crippen LogP contribution is -2.57. The standard InChI is InChI=1S/C26H23Cl2F2N3O3/c27-15-3-1-2-14(10-15)26-12-17-19(33(26)7-6-32-13-26)11-18(29)23(28)21(17)22-16(25(31)35)4-5-20(24(22)30)36-9-8-34/h1-5,10-11,32,34H,6-9,12-13H2,(H2,31,35). The molecule has 0 saturated carbocycles. The van der Waals surface area contributed by atoms with Crippen LogP contribution in [0.3, 0.4) is 0 Å². The smallest absolute Gasteiger partial charge is 0.249 e. The Morgan fingerprint density at radius 3 is 2.72 bits per heavy atom. The molecule has 1 amide bonds. The highest BCUT2D eigenvalue weighted by Crippen LogP contribution is 2.53. The van der Waals surface area contributed by atoms with Crippen molar-refractivity contribution < 1.29 is 23.4 Å². The zero-order valence-electron chi connectivity index (χ0n) is 19.1. The first kappa shape index (κ1) is 24.8. The average molecular weight is 534 g/mol. The summed E-state index contributed by atoms with van der Waals surface area (Å²) in [7, 11) is 0. The summed E-state index contributed by atoms with van der Waals surface area (Å²) < 4.78 is 36.5. The Balaban J connectivity index is 1.78. The summed E-state index contributed by atoms with van der Waals surface area (Å²) in [5.74, 6) is -2.76. The van der Waals surface area contributed by atoms with E-state index in [1.165, 1.54) is 18.2 Å². The highest BCUT2D eigenvalue weighted by molar-refractivity contribution is 6.34. The number of aliphatic hydroxyl groups is 1. The van der Waals surface area contributed by atoms with Gasteiger partial charge in [-0.1, -0.05) is 35.3 Å². The maximum atomic E-state index is 15.9. The van der Waals surface area contributed by atoms with Gasteiger partial charge in [-0.15, -0.1) is 0 Å². The number of halogens is 4. The fraction of sp³-hybridized carbons (Fsp3) is 0.269. The number of benzene rings is 3. The molecule has 0 aromatic heterocycles. The Morgan fingerprint density at radius 2 is 2.00 bits per heavy atom. The fourth-order valence-corrected chi connectivity index (χ4v) is 5.79. The van der Waals surface area contributed by atoms with Crippen LogP contribution in [0.4, 0.5) is 14.5 Å². The molecule has 1 atom stereocenters. The normalized spacial score (nSPS) is 18.6. The summed E-state index contributed by atoms with van der Waals surface area (Å²) in [5.41, 5.74) is 6.70. The van der Waals surface area contributed by atoms with Crippen LogP contribution in [0.5, 0.6) is 5.75 Å². The molecule has 0 radical (unpaired) electrons. The number of carbonyl (C=O) groups is 1. The number of nitrogens with zero attached hydrogens (tertiary/aromatic N) is 1. The average Bonchev–Trinajstić information content (AvgIpc) is 3.19. The molecule has 3 aromatic carbocycles. The quantitative estimate of drug-likeness (QED) is 0.440. The van der Waals surface area contributed by atoms with Crippen LogP contribution in [0.15, 0.2) is 42.5 Å². The van der Waals surface area contributed by atoms with E-state index in [4.69, 9.17) is 38.8 Å². The lowest BCUT2D eigenvalue weighted by Gasteiger charge is -2.45. The molecule has 6 nitrogen and oxygen atoms in total. The van der Waals surface area contributed by atoms with E-state index in [-0.39, 0.29) is 40.7 Å². The number of anilines is 1. The molecular weight excluding hydrogens is 511 g/mol. The molecule has 0 bridgehead atoms. The molecule has 4 N–H and O–H groups in total. The van der Waals surface area contributed by atoms with E-state index >= 15 is 8.78 Å². The van der Waals surface area contributed by atoms with E-state index in [9.17, 15) is 4.79 Å².